The fourth-order valence-corrected chi connectivity index (χ4v) is 3.34. The van der Waals surface area contributed by atoms with Gasteiger partial charge >= 0.3 is 5.97 Å². The van der Waals surface area contributed by atoms with E-state index in [2.05, 4.69) is 20.3 Å². The van der Waals surface area contributed by atoms with E-state index in [1.54, 1.807) is 54.6 Å². The minimum Gasteiger partial charge on any atom is -0.507 e. The van der Waals surface area contributed by atoms with Crippen LogP contribution in [0.5, 0.6) is 11.5 Å². The molecule has 0 radical (unpaired) electrons. The van der Waals surface area contributed by atoms with Crippen LogP contribution in [-0.2, 0) is 9.53 Å². The molecular weight excluding hydrogens is 436 g/mol. The van der Waals surface area contributed by atoms with Crippen molar-refractivity contribution in [3.05, 3.63) is 72.3 Å². The summed E-state index contributed by atoms with van der Waals surface area (Å²) in [5.41, 5.74) is 1.78. The molecule has 0 bridgehead atoms. The first kappa shape index (κ1) is 22.4. The van der Waals surface area contributed by atoms with E-state index in [4.69, 9.17) is 4.74 Å². The summed E-state index contributed by atoms with van der Waals surface area (Å²) in [7, 11) is 1.30. The van der Waals surface area contributed by atoms with Crippen LogP contribution in [0.25, 0.3) is 34.2 Å². The Bertz CT molecular complexity index is 1390. The number of aromatic nitrogens is 3. The number of nitrogens with one attached hydrogen (secondary N) is 1. The molecule has 1 amide bonds. The lowest BCUT2D eigenvalue weighted by molar-refractivity contribution is -0.114. The number of ether oxygens (including phenoxy) is 1. The van der Waals surface area contributed by atoms with E-state index in [9.17, 15) is 19.8 Å². The van der Waals surface area contributed by atoms with Crippen LogP contribution in [0, 0.1) is 0 Å². The molecule has 0 aliphatic heterocycles. The van der Waals surface area contributed by atoms with Gasteiger partial charge in [0, 0.05) is 12.5 Å². The smallest absolute Gasteiger partial charge is 0.337 e. The largest absolute Gasteiger partial charge is 0.507 e. The number of hydrogen-bond donors (Lipinski definition) is 3. The van der Waals surface area contributed by atoms with Gasteiger partial charge in [-0.1, -0.05) is 30.3 Å². The number of hydrogen-bond acceptors (Lipinski definition) is 8. The van der Waals surface area contributed by atoms with Crippen molar-refractivity contribution in [1.82, 2.24) is 15.0 Å². The molecule has 4 aromatic rings. The third-order valence-electron chi connectivity index (χ3n) is 4.92. The summed E-state index contributed by atoms with van der Waals surface area (Å²) in [6.07, 6.45) is 0. The summed E-state index contributed by atoms with van der Waals surface area (Å²) in [6, 6.07) is 17.7. The Hall–Kier alpha value is -4.79. The van der Waals surface area contributed by atoms with Crippen molar-refractivity contribution in [3.8, 4) is 45.7 Å². The Labute approximate surface area is 194 Å². The molecular formula is C25H20N4O5. The molecule has 3 aromatic carbocycles. The average Bonchev–Trinajstić information content (AvgIpc) is 2.83. The Morgan fingerprint density at radius 1 is 0.794 bits per heavy atom. The summed E-state index contributed by atoms with van der Waals surface area (Å²) >= 11 is 0. The number of aromatic hydroxyl groups is 2. The molecule has 9 nitrogen and oxygen atoms in total. The van der Waals surface area contributed by atoms with E-state index in [0.717, 1.165) is 0 Å². The van der Waals surface area contributed by atoms with Gasteiger partial charge in [0.2, 0.25) is 5.91 Å². The van der Waals surface area contributed by atoms with Gasteiger partial charge in [0.1, 0.15) is 11.5 Å². The predicted octanol–water partition coefficient (Wildman–Crippen LogP) is 4.03. The normalized spacial score (nSPS) is 10.5. The molecule has 1 heterocycles. The molecule has 1 aromatic heterocycles. The topological polar surface area (TPSA) is 135 Å². The number of carbonyl (C=O) groups is 2. The summed E-state index contributed by atoms with van der Waals surface area (Å²) in [5, 5.41) is 23.7. The van der Waals surface area contributed by atoms with Crippen molar-refractivity contribution in [1.29, 1.82) is 0 Å². The fraction of sp³-hybridized carbons (Fsp3) is 0.0800. The monoisotopic (exact) mass is 456 g/mol. The van der Waals surface area contributed by atoms with E-state index < -0.39 is 5.97 Å². The first-order valence-corrected chi connectivity index (χ1v) is 10.2. The molecule has 4 rings (SSSR count). The van der Waals surface area contributed by atoms with Gasteiger partial charge in [-0.15, -0.1) is 0 Å². The van der Waals surface area contributed by atoms with Gasteiger partial charge in [0.05, 0.1) is 29.5 Å². The summed E-state index contributed by atoms with van der Waals surface area (Å²) in [4.78, 5) is 37.0. The molecule has 34 heavy (non-hydrogen) atoms. The fourth-order valence-electron chi connectivity index (χ4n) is 3.34. The molecule has 0 spiro atoms. The molecule has 0 saturated heterocycles. The molecule has 3 N–H and O–H groups in total. The number of nitrogens with zero attached hydrogens (tertiary/aromatic N) is 3. The third kappa shape index (κ3) is 4.53. The zero-order chi connectivity index (χ0) is 24.2. The Morgan fingerprint density at radius 2 is 1.44 bits per heavy atom. The molecule has 0 aliphatic carbocycles. The van der Waals surface area contributed by atoms with Crippen molar-refractivity contribution in [3.63, 3.8) is 0 Å². The quantitative estimate of drug-likeness (QED) is 0.383. The van der Waals surface area contributed by atoms with Gasteiger partial charge in [-0.3, -0.25) is 4.79 Å². The maximum Gasteiger partial charge on any atom is 0.337 e. The molecule has 0 fully saturated rings. The van der Waals surface area contributed by atoms with E-state index >= 15 is 0 Å². The van der Waals surface area contributed by atoms with Gasteiger partial charge in [0.25, 0.3) is 0 Å². The zero-order valence-electron chi connectivity index (χ0n) is 18.3. The van der Waals surface area contributed by atoms with Crippen LogP contribution in [0.3, 0.4) is 0 Å². The number of anilines is 1. The number of para-hydroxylation sites is 1. The molecule has 0 atom stereocenters. The van der Waals surface area contributed by atoms with E-state index in [-0.39, 0.29) is 40.4 Å². The number of phenolic OH excluding ortho intramolecular Hbond substituents is 2. The van der Waals surface area contributed by atoms with Crippen LogP contribution in [0.15, 0.2) is 66.7 Å². The van der Waals surface area contributed by atoms with Gasteiger partial charge in [-0.25, -0.2) is 19.7 Å². The lowest BCUT2D eigenvalue weighted by Crippen LogP contribution is -2.08. The van der Waals surface area contributed by atoms with Crippen molar-refractivity contribution < 1.29 is 24.5 Å². The van der Waals surface area contributed by atoms with Crippen LogP contribution in [0.4, 0.5) is 5.69 Å². The van der Waals surface area contributed by atoms with Crippen LogP contribution in [0.2, 0.25) is 0 Å². The lowest BCUT2D eigenvalue weighted by Gasteiger charge is -2.13. The highest BCUT2D eigenvalue weighted by Gasteiger charge is 2.19. The van der Waals surface area contributed by atoms with Crippen molar-refractivity contribution >= 4 is 17.6 Å². The Morgan fingerprint density at radius 3 is 2.12 bits per heavy atom. The van der Waals surface area contributed by atoms with Crippen LogP contribution < -0.4 is 5.32 Å². The molecule has 9 heteroatoms. The number of rotatable bonds is 5. The minimum atomic E-state index is -0.480. The highest BCUT2D eigenvalue weighted by Crippen LogP contribution is 2.36. The lowest BCUT2D eigenvalue weighted by atomic mass is 10.1. The SMILES string of the molecule is COC(=O)c1ccc(-c2nc(-c3ccccc3O)nc(-c3c(O)cccc3NC(C)=O)n2)cc1. The summed E-state index contributed by atoms with van der Waals surface area (Å²) < 4.78 is 4.74. The van der Waals surface area contributed by atoms with E-state index in [0.29, 0.717) is 22.4 Å². The van der Waals surface area contributed by atoms with Crippen LogP contribution in [-0.4, -0.2) is 44.2 Å². The van der Waals surface area contributed by atoms with Gasteiger partial charge in [-0.05, 0) is 36.4 Å². The van der Waals surface area contributed by atoms with Crippen LogP contribution in [0.1, 0.15) is 17.3 Å². The highest BCUT2D eigenvalue weighted by molar-refractivity contribution is 5.95. The molecule has 0 unspecified atom stereocenters. The van der Waals surface area contributed by atoms with E-state index in [1.165, 1.54) is 26.2 Å². The first-order chi connectivity index (χ1) is 16.4. The third-order valence-corrected chi connectivity index (χ3v) is 4.92. The number of phenols is 2. The van der Waals surface area contributed by atoms with Crippen LogP contribution >= 0.6 is 0 Å². The second-order valence-electron chi connectivity index (χ2n) is 7.27. The van der Waals surface area contributed by atoms with Crippen molar-refractivity contribution in [2.75, 3.05) is 12.4 Å². The van der Waals surface area contributed by atoms with Crippen molar-refractivity contribution in [2.45, 2.75) is 6.92 Å². The van der Waals surface area contributed by atoms with Gasteiger partial charge < -0.3 is 20.3 Å². The zero-order valence-corrected chi connectivity index (χ0v) is 18.3. The number of carbonyl (C=O) groups excluding carboxylic acids is 2. The maximum absolute atomic E-state index is 11.8. The standard InChI is InChI=1S/C25H20N4O5/c1-14(30)26-18-7-5-9-20(32)21(18)24-28-22(15-10-12-16(13-11-15)25(33)34-2)27-23(29-24)17-6-3-4-8-19(17)31/h3-13,31-32H,1-2H3,(H,26,30). The van der Waals surface area contributed by atoms with Gasteiger partial charge in [0.15, 0.2) is 17.5 Å². The van der Waals surface area contributed by atoms with Gasteiger partial charge in [-0.2, -0.15) is 0 Å². The minimum absolute atomic E-state index is 0.0361. The number of esters is 1. The first-order valence-electron chi connectivity index (χ1n) is 10.2. The molecule has 170 valence electrons. The van der Waals surface area contributed by atoms with Crippen molar-refractivity contribution in [2.24, 2.45) is 0 Å². The molecule has 0 saturated carbocycles. The summed E-state index contributed by atoms with van der Waals surface area (Å²) in [5.74, 6) is -0.517. The second-order valence-corrected chi connectivity index (χ2v) is 7.27. The number of benzene rings is 3. The molecule has 0 aliphatic rings. The number of amides is 1. The maximum atomic E-state index is 11.8. The highest BCUT2D eigenvalue weighted by atomic mass is 16.5. The second kappa shape index (κ2) is 9.37. The Balaban J connectivity index is 1.94. The number of methoxy groups -OCH3 is 1. The summed E-state index contributed by atoms with van der Waals surface area (Å²) in [6.45, 7) is 1.35. The van der Waals surface area contributed by atoms with E-state index in [1.807, 2.05) is 0 Å². The Kier molecular flexibility index (Phi) is 6.18. The average molecular weight is 456 g/mol. The predicted molar refractivity (Wildman–Crippen MR) is 125 cm³/mol.